The van der Waals surface area contributed by atoms with Crippen molar-refractivity contribution in [2.45, 2.75) is 63.5 Å². The number of hydrogen-bond donors (Lipinski definition) is 2. The van der Waals surface area contributed by atoms with E-state index in [0.717, 1.165) is 24.7 Å². The second-order valence-electron chi connectivity index (χ2n) is 6.33. The highest BCUT2D eigenvalue weighted by Gasteiger charge is 2.42. The Morgan fingerprint density at radius 2 is 1.76 bits per heavy atom. The highest BCUT2D eigenvalue weighted by molar-refractivity contribution is 5.76. The van der Waals surface area contributed by atoms with Gasteiger partial charge in [0, 0.05) is 18.5 Å². The van der Waals surface area contributed by atoms with Gasteiger partial charge in [-0.05, 0) is 56.3 Å². The third-order valence-electron chi connectivity index (χ3n) is 4.75. The van der Waals surface area contributed by atoms with E-state index < -0.39 is 0 Å². The van der Waals surface area contributed by atoms with Crippen LogP contribution in [-0.2, 0) is 4.79 Å². The zero-order valence-corrected chi connectivity index (χ0v) is 10.5. The molecule has 3 nitrogen and oxygen atoms in total. The molecule has 0 saturated heterocycles. The molecule has 3 rings (SSSR count). The first-order valence-electron chi connectivity index (χ1n) is 7.29. The molecule has 0 aromatic rings. The largest absolute Gasteiger partial charge is 0.353 e. The van der Waals surface area contributed by atoms with Crippen molar-refractivity contribution in [3.8, 4) is 0 Å². The van der Waals surface area contributed by atoms with E-state index in [0.29, 0.717) is 18.4 Å². The molecule has 0 unspecified atom stereocenters. The molecule has 3 N–H and O–H groups in total. The number of hydrogen-bond acceptors (Lipinski definition) is 2. The summed E-state index contributed by atoms with van der Waals surface area (Å²) in [5.74, 6) is 2.29. The minimum Gasteiger partial charge on any atom is -0.353 e. The average Bonchev–Trinajstić information content (AvgIpc) is 3.19. The van der Waals surface area contributed by atoms with E-state index in [2.05, 4.69) is 5.32 Å². The van der Waals surface area contributed by atoms with Gasteiger partial charge in [0.05, 0.1) is 0 Å². The van der Waals surface area contributed by atoms with Gasteiger partial charge in [-0.3, -0.25) is 4.79 Å². The summed E-state index contributed by atoms with van der Waals surface area (Å²) in [6, 6.07) is 0.765. The Bertz CT molecular complexity index is 285. The maximum absolute atomic E-state index is 12.1. The molecule has 0 aromatic heterocycles. The van der Waals surface area contributed by atoms with Gasteiger partial charge in [0.15, 0.2) is 0 Å². The second-order valence-corrected chi connectivity index (χ2v) is 6.33. The van der Waals surface area contributed by atoms with Crippen LogP contribution in [-0.4, -0.2) is 18.0 Å². The van der Waals surface area contributed by atoms with Gasteiger partial charge in [0.25, 0.3) is 0 Å². The van der Waals surface area contributed by atoms with Crippen LogP contribution in [0.1, 0.15) is 51.4 Å². The van der Waals surface area contributed by atoms with E-state index >= 15 is 0 Å². The Kier molecular flexibility index (Phi) is 3.12. The Morgan fingerprint density at radius 1 is 1.12 bits per heavy atom. The minimum absolute atomic E-state index is 0.260. The number of carbonyl (C=O) groups excluding carboxylic acids is 1. The fourth-order valence-corrected chi connectivity index (χ4v) is 3.33. The molecule has 3 fully saturated rings. The SMILES string of the molecule is N[C@@H]1CCC[C@H]1CC(=O)NC(C1CC1)C1CC1. The molecule has 0 aliphatic heterocycles. The molecule has 0 aromatic carbocycles. The van der Waals surface area contributed by atoms with Crippen LogP contribution in [0.3, 0.4) is 0 Å². The molecule has 3 aliphatic rings. The number of nitrogens with one attached hydrogen (secondary N) is 1. The van der Waals surface area contributed by atoms with Crippen LogP contribution in [0.5, 0.6) is 0 Å². The molecule has 3 aliphatic carbocycles. The lowest BCUT2D eigenvalue weighted by atomic mass is 9.99. The van der Waals surface area contributed by atoms with Crippen molar-refractivity contribution >= 4 is 5.91 Å². The first-order chi connectivity index (χ1) is 8.24. The van der Waals surface area contributed by atoms with Crippen LogP contribution in [0.2, 0.25) is 0 Å². The Hall–Kier alpha value is -0.570. The van der Waals surface area contributed by atoms with Gasteiger partial charge < -0.3 is 11.1 Å². The topological polar surface area (TPSA) is 55.1 Å². The van der Waals surface area contributed by atoms with Gasteiger partial charge >= 0.3 is 0 Å². The molecule has 3 heteroatoms. The van der Waals surface area contributed by atoms with Gasteiger partial charge in [0.2, 0.25) is 5.91 Å². The highest BCUT2D eigenvalue weighted by atomic mass is 16.1. The second kappa shape index (κ2) is 4.60. The molecule has 0 radical (unpaired) electrons. The molecular weight excluding hydrogens is 212 g/mol. The fourth-order valence-electron chi connectivity index (χ4n) is 3.33. The Labute approximate surface area is 104 Å². The Balaban J connectivity index is 1.48. The van der Waals surface area contributed by atoms with Gasteiger partial charge in [-0.25, -0.2) is 0 Å². The van der Waals surface area contributed by atoms with Crippen molar-refractivity contribution in [2.24, 2.45) is 23.5 Å². The van der Waals surface area contributed by atoms with Crippen molar-refractivity contribution in [3.05, 3.63) is 0 Å². The van der Waals surface area contributed by atoms with Gasteiger partial charge in [-0.1, -0.05) is 6.42 Å². The minimum atomic E-state index is 0.260. The molecular formula is C14H24N2O. The van der Waals surface area contributed by atoms with Gasteiger partial charge in [-0.2, -0.15) is 0 Å². The maximum Gasteiger partial charge on any atom is 0.220 e. The number of amides is 1. The fraction of sp³-hybridized carbons (Fsp3) is 0.929. The molecule has 0 spiro atoms. The quantitative estimate of drug-likeness (QED) is 0.765. The predicted molar refractivity (Wildman–Crippen MR) is 67.3 cm³/mol. The third kappa shape index (κ3) is 2.82. The molecule has 3 saturated carbocycles. The lowest BCUT2D eigenvalue weighted by molar-refractivity contribution is -0.123. The number of carbonyl (C=O) groups is 1. The third-order valence-corrected chi connectivity index (χ3v) is 4.75. The van der Waals surface area contributed by atoms with E-state index in [4.69, 9.17) is 5.73 Å². The number of nitrogens with two attached hydrogens (primary N) is 1. The molecule has 0 bridgehead atoms. The zero-order chi connectivity index (χ0) is 11.8. The average molecular weight is 236 g/mol. The Morgan fingerprint density at radius 3 is 2.24 bits per heavy atom. The molecule has 1 amide bonds. The summed E-state index contributed by atoms with van der Waals surface area (Å²) in [6.45, 7) is 0. The normalized spacial score (nSPS) is 33.1. The summed E-state index contributed by atoms with van der Waals surface area (Å²) >= 11 is 0. The van der Waals surface area contributed by atoms with Gasteiger partial charge in [0.1, 0.15) is 0 Å². The zero-order valence-electron chi connectivity index (χ0n) is 10.5. The smallest absolute Gasteiger partial charge is 0.220 e. The monoisotopic (exact) mass is 236 g/mol. The van der Waals surface area contributed by atoms with Crippen LogP contribution >= 0.6 is 0 Å². The van der Waals surface area contributed by atoms with E-state index in [1.807, 2.05) is 0 Å². The summed E-state index contributed by atoms with van der Waals surface area (Å²) in [5, 5.41) is 3.29. The van der Waals surface area contributed by atoms with Gasteiger partial charge in [-0.15, -0.1) is 0 Å². The van der Waals surface area contributed by atoms with Crippen LogP contribution < -0.4 is 11.1 Å². The summed E-state index contributed by atoms with van der Waals surface area (Å²) in [4.78, 5) is 12.1. The van der Waals surface area contributed by atoms with Crippen LogP contribution in [0.15, 0.2) is 0 Å². The highest BCUT2D eigenvalue weighted by Crippen LogP contribution is 2.44. The standard InChI is InChI=1S/C14H24N2O/c15-12-3-1-2-11(12)8-13(17)16-14(9-4-5-9)10-6-7-10/h9-12,14H,1-8,15H2,(H,16,17)/t11-,12+/m0/s1. The molecule has 17 heavy (non-hydrogen) atoms. The van der Waals surface area contributed by atoms with Crippen LogP contribution in [0.25, 0.3) is 0 Å². The maximum atomic E-state index is 12.1. The van der Waals surface area contributed by atoms with Crippen molar-refractivity contribution in [2.75, 3.05) is 0 Å². The summed E-state index contributed by atoms with van der Waals surface area (Å²) in [5.41, 5.74) is 6.02. The van der Waals surface area contributed by atoms with E-state index in [9.17, 15) is 4.79 Å². The van der Waals surface area contributed by atoms with E-state index in [1.165, 1.54) is 32.1 Å². The lowest BCUT2D eigenvalue weighted by Gasteiger charge is -2.20. The first kappa shape index (κ1) is 11.5. The summed E-state index contributed by atoms with van der Waals surface area (Å²) < 4.78 is 0. The summed E-state index contributed by atoms with van der Waals surface area (Å²) in [7, 11) is 0. The van der Waals surface area contributed by atoms with E-state index in [1.54, 1.807) is 0 Å². The first-order valence-corrected chi connectivity index (χ1v) is 7.29. The predicted octanol–water partition coefficient (Wildman–Crippen LogP) is 1.81. The lowest BCUT2D eigenvalue weighted by Crippen LogP contribution is -2.40. The summed E-state index contributed by atoms with van der Waals surface area (Å²) in [6.07, 6.45) is 9.41. The van der Waals surface area contributed by atoms with Crippen molar-refractivity contribution in [1.29, 1.82) is 0 Å². The van der Waals surface area contributed by atoms with Crippen LogP contribution in [0, 0.1) is 17.8 Å². The van der Waals surface area contributed by atoms with Crippen LogP contribution in [0.4, 0.5) is 0 Å². The van der Waals surface area contributed by atoms with Crippen molar-refractivity contribution in [3.63, 3.8) is 0 Å². The van der Waals surface area contributed by atoms with E-state index in [-0.39, 0.29) is 11.9 Å². The molecule has 96 valence electrons. The number of rotatable bonds is 5. The molecule has 0 heterocycles. The molecule has 2 atom stereocenters. The van der Waals surface area contributed by atoms with Crippen molar-refractivity contribution < 1.29 is 4.79 Å². The van der Waals surface area contributed by atoms with Crippen molar-refractivity contribution in [1.82, 2.24) is 5.32 Å².